The molecule has 0 amide bonds. The number of hydrogen-bond acceptors (Lipinski definition) is 5. The van der Waals surface area contributed by atoms with Crippen molar-refractivity contribution in [2.24, 2.45) is 0 Å². The highest BCUT2D eigenvalue weighted by Crippen LogP contribution is 2.39. The summed E-state index contributed by atoms with van der Waals surface area (Å²) >= 11 is 0.974. The maximum absolute atomic E-state index is 13.4. The average Bonchev–Trinajstić information content (AvgIpc) is 3.19. The van der Waals surface area contributed by atoms with E-state index in [1.807, 2.05) is 0 Å². The van der Waals surface area contributed by atoms with Crippen LogP contribution in [0.5, 0.6) is 0 Å². The van der Waals surface area contributed by atoms with Crippen molar-refractivity contribution in [1.29, 1.82) is 0 Å². The van der Waals surface area contributed by atoms with Gasteiger partial charge in [-0.25, -0.2) is 19.1 Å². The number of aromatic carboxylic acids is 1. The molecule has 9 heteroatoms. The quantitative estimate of drug-likeness (QED) is 0.737. The van der Waals surface area contributed by atoms with E-state index in [4.69, 9.17) is 5.73 Å². The van der Waals surface area contributed by atoms with E-state index in [0.717, 1.165) is 30.7 Å². The molecule has 0 atom stereocenters. The van der Waals surface area contributed by atoms with Gasteiger partial charge < -0.3 is 10.8 Å². The summed E-state index contributed by atoms with van der Waals surface area (Å²) in [6.07, 6.45) is 1.76. The number of nitrogen functional groups attached to an aromatic ring is 1. The number of aromatic nitrogens is 3. The molecule has 21 heavy (non-hydrogen) atoms. The van der Waals surface area contributed by atoms with Crippen LogP contribution in [0.1, 0.15) is 29.2 Å². The maximum atomic E-state index is 13.4. The molecule has 3 rings (SSSR count). The van der Waals surface area contributed by atoms with E-state index in [-0.39, 0.29) is 22.2 Å². The summed E-state index contributed by atoms with van der Waals surface area (Å²) in [5, 5.41) is 15.8. The third-order valence-corrected chi connectivity index (χ3v) is 4.18. The van der Waals surface area contributed by atoms with E-state index in [9.17, 15) is 19.1 Å². The minimum Gasteiger partial charge on any atom is -0.478 e. The van der Waals surface area contributed by atoms with Gasteiger partial charge in [-0.15, -0.1) is 5.10 Å². The molecule has 0 aliphatic heterocycles. The summed E-state index contributed by atoms with van der Waals surface area (Å²) in [5.74, 6) is -2.12. The number of aromatic amines is 1. The van der Waals surface area contributed by atoms with Gasteiger partial charge in [0, 0.05) is 10.9 Å². The fourth-order valence-corrected chi connectivity index (χ4v) is 3.05. The lowest BCUT2D eigenvalue weighted by atomic mass is 10.2. The number of H-pyrrole nitrogens is 1. The van der Waals surface area contributed by atoms with Gasteiger partial charge in [0.25, 0.3) is 0 Å². The fourth-order valence-electron chi connectivity index (χ4n) is 2.00. The van der Waals surface area contributed by atoms with Crippen molar-refractivity contribution < 1.29 is 14.3 Å². The molecule has 0 spiro atoms. The Morgan fingerprint density at radius 2 is 2.24 bits per heavy atom. The number of rotatable bonds is 4. The lowest BCUT2D eigenvalue weighted by Crippen LogP contribution is -2.16. The second-order valence-corrected chi connectivity index (χ2v) is 5.66. The number of nitrogens with two attached hydrogens (primary N) is 1. The molecule has 0 unspecified atom stereocenters. The number of hydrogen-bond donors (Lipinski definition) is 3. The molecule has 1 aromatic carbocycles. The van der Waals surface area contributed by atoms with E-state index in [1.165, 1.54) is 10.6 Å². The molecule has 0 saturated heterocycles. The van der Waals surface area contributed by atoms with Crippen LogP contribution in [0.4, 0.5) is 10.1 Å². The zero-order valence-corrected chi connectivity index (χ0v) is 11.5. The summed E-state index contributed by atoms with van der Waals surface area (Å²) < 4.78 is 14.9. The SMILES string of the molecule is Nc1c(F)ccc(Sc2n[nH]c(=O)n2C2CC2)c1C(=O)O. The zero-order chi connectivity index (χ0) is 15.1. The van der Waals surface area contributed by atoms with Crippen LogP contribution in [0.15, 0.2) is 27.0 Å². The predicted molar refractivity (Wildman–Crippen MR) is 73.0 cm³/mol. The van der Waals surface area contributed by atoms with Crippen molar-refractivity contribution in [3.05, 3.63) is 34.0 Å². The van der Waals surface area contributed by atoms with Crippen molar-refractivity contribution in [1.82, 2.24) is 14.8 Å². The Balaban J connectivity index is 2.05. The van der Waals surface area contributed by atoms with Crippen LogP contribution in [0.3, 0.4) is 0 Å². The Kier molecular flexibility index (Phi) is 3.20. The second-order valence-electron chi connectivity index (χ2n) is 4.65. The van der Waals surface area contributed by atoms with Crippen LogP contribution in [0.2, 0.25) is 0 Å². The summed E-state index contributed by atoms with van der Waals surface area (Å²) in [4.78, 5) is 23.2. The number of nitrogens with one attached hydrogen (secondary N) is 1. The molecule has 1 aromatic heterocycles. The largest absolute Gasteiger partial charge is 0.478 e. The molecule has 7 nitrogen and oxygen atoms in total. The standard InChI is InChI=1S/C12H11FN4O3S/c13-6-3-4-7(8(9(6)14)10(18)19)21-12-16-15-11(20)17(12)5-1-2-5/h3-5H,1-2,14H2,(H,15,20)(H,18,19). The minimum atomic E-state index is -1.33. The molecule has 1 aliphatic carbocycles. The third-order valence-electron chi connectivity index (χ3n) is 3.15. The summed E-state index contributed by atoms with van der Waals surface area (Å²) in [6, 6.07) is 2.50. The molecule has 2 aromatic rings. The molecule has 1 aliphatic rings. The fraction of sp³-hybridized carbons (Fsp3) is 0.250. The van der Waals surface area contributed by atoms with E-state index in [2.05, 4.69) is 10.2 Å². The Labute approximate surface area is 122 Å². The molecule has 1 saturated carbocycles. The van der Waals surface area contributed by atoms with Crippen LogP contribution >= 0.6 is 11.8 Å². The van der Waals surface area contributed by atoms with Gasteiger partial charge in [0.05, 0.1) is 11.3 Å². The van der Waals surface area contributed by atoms with Crippen LogP contribution in [-0.2, 0) is 0 Å². The smallest absolute Gasteiger partial charge is 0.344 e. The van der Waals surface area contributed by atoms with Gasteiger partial charge in [-0.05, 0) is 36.7 Å². The monoisotopic (exact) mass is 310 g/mol. The number of carboxylic acid groups (broad SMARTS) is 1. The van der Waals surface area contributed by atoms with Crippen LogP contribution in [0.25, 0.3) is 0 Å². The molecular weight excluding hydrogens is 299 g/mol. The molecular formula is C12H11FN4O3S. The van der Waals surface area contributed by atoms with Gasteiger partial charge in [0.15, 0.2) is 5.16 Å². The van der Waals surface area contributed by atoms with Gasteiger partial charge in [-0.2, -0.15) is 0 Å². The second kappa shape index (κ2) is 4.92. The van der Waals surface area contributed by atoms with Crippen molar-refractivity contribution >= 4 is 23.4 Å². The highest BCUT2D eigenvalue weighted by atomic mass is 32.2. The van der Waals surface area contributed by atoms with E-state index < -0.39 is 17.5 Å². The Morgan fingerprint density at radius 3 is 2.86 bits per heavy atom. The van der Waals surface area contributed by atoms with Gasteiger partial charge in [0.2, 0.25) is 0 Å². The van der Waals surface area contributed by atoms with E-state index >= 15 is 0 Å². The summed E-state index contributed by atoms with van der Waals surface area (Å²) in [6.45, 7) is 0. The number of benzene rings is 1. The van der Waals surface area contributed by atoms with Crippen LogP contribution < -0.4 is 11.4 Å². The highest BCUT2D eigenvalue weighted by molar-refractivity contribution is 7.99. The molecule has 1 heterocycles. The van der Waals surface area contributed by atoms with Crippen LogP contribution in [-0.4, -0.2) is 25.8 Å². The van der Waals surface area contributed by atoms with Gasteiger partial charge in [0.1, 0.15) is 5.82 Å². The van der Waals surface area contributed by atoms with E-state index in [1.54, 1.807) is 0 Å². The topological polar surface area (TPSA) is 114 Å². The maximum Gasteiger partial charge on any atom is 0.344 e. The first-order chi connectivity index (χ1) is 9.99. The van der Waals surface area contributed by atoms with Gasteiger partial charge in [-0.3, -0.25) is 4.57 Å². The first-order valence-electron chi connectivity index (χ1n) is 6.15. The van der Waals surface area contributed by atoms with Crippen molar-refractivity contribution in [2.75, 3.05) is 5.73 Å². The molecule has 0 radical (unpaired) electrons. The average molecular weight is 310 g/mol. The number of halogens is 1. The molecule has 110 valence electrons. The summed E-state index contributed by atoms with van der Waals surface area (Å²) in [5.41, 5.74) is 4.40. The zero-order valence-electron chi connectivity index (χ0n) is 10.7. The van der Waals surface area contributed by atoms with Gasteiger partial charge >= 0.3 is 11.7 Å². The first-order valence-corrected chi connectivity index (χ1v) is 6.96. The first kappa shape index (κ1) is 13.7. The number of nitrogens with zero attached hydrogens (tertiary/aromatic N) is 2. The Bertz CT molecular complexity index is 781. The Morgan fingerprint density at radius 1 is 1.52 bits per heavy atom. The summed E-state index contributed by atoms with van der Waals surface area (Å²) in [7, 11) is 0. The lowest BCUT2D eigenvalue weighted by molar-refractivity contribution is 0.0694. The van der Waals surface area contributed by atoms with Crippen molar-refractivity contribution in [3.8, 4) is 0 Å². The lowest BCUT2D eigenvalue weighted by Gasteiger charge is -2.09. The minimum absolute atomic E-state index is 0.0878. The third kappa shape index (κ3) is 2.40. The normalized spacial score (nSPS) is 14.3. The highest BCUT2D eigenvalue weighted by Gasteiger charge is 2.29. The number of carbonyl (C=O) groups is 1. The Hall–Kier alpha value is -2.29. The van der Waals surface area contributed by atoms with Crippen molar-refractivity contribution in [3.63, 3.8) is 0 Å². The molecule has 0 bridgehead atoms. The number of carboxylic acids is 1. The molecule has 1 fully saturated rings. The predicted octanol–water partition coefficient (Wildman–Crippen LogP) is 1.48. The van der Waals surface area contributed by atoms with Gasteiger partial charge in [-0.1, -0.05) is 0 Å². The van der Waals surface area contributed by atoms with E-state index in [0.29, 0.717) is 5.16 Å². The number of anilines is 1. The molecule has 4 N–H and O–H groups in total. The van der Waals surface area contributed by atoms with Crippen molar-refractivity contribution in [2.45, 2.75) is 28.9 Å². The van der Waals surface area contributed by atoms with Crippen LogP contribution in [0, 0.1) is 5.82 Å².